The zero-order valence-electron chi connectivity index (χ0n) is 11.8. The molecule has 1 saturated carbocycles. The SMILES string of the molecule is NC1CC2(CCCCC2)Oc2ccc3ccccc3c21. The highest BCUT2D eigenvalue weighted by Crippen LogP contribution is 2.47. The molecule has 2 aromatic carbocycles. The molecule has 104 valence electrons. The van der Waals surface area contributed by atoms with E-state index < -0.39 is 0 Å². The van der Waals surface area contributed by atoms with Crippen molar-refractivity contribution < 1.29 is 4.74 Å². The van der Waals surface area contributed by atoms with Gasteiger partial charge in [-0.15, -0.1) is 0 Å². The van der Waals surface area contributed by atoms with Crippen LogP contribution in [0.25, 0.3) is 10.8 Å². The van der Waals surface area contributed by atoms with E-state index in [-0.39, 0.29) is 11.6 Å². The molecule has 1 aliphatic carbocycles. The Labute approximate surface area is 119 Å². The Morgan fingerprint density at radius 2 is 1.80 bits per heavy atom. The molecule has 0 radical (unpaired) electrons. The van der Waals surface area contributed by atoms with Crippen LogP contribution in [0, 0.1) is 0 Å². The van der Waals surface area contributed by atoms with Gasteiger partial charge in [-0.05, 0) is 42.5 Å². The van der Waals surface area contributed by atoms with Gasteiger partial charge in [0.25, 0.3) is 0 Å². The summed E-state index contributed by atoms with van der Waals surface area (Å²) in [5.41, 5.74) is 7.75. The van der Waals surface area contributed by atoms with Crippen LogP contribution in [0.3, 0.4) is 0 Å². The number of hydrogen-bond donors (Lipinski definition) is 1. The fraction of sp³-hybridized carbons (Fsp3) is 0.444. The second-order valence-electron chi connectivity index (χ2n) is 6.35. The highest BCUT2D eigenvalue weighted by molar-refractivity contribution is 5.88. The van der Waals surface area contributed by atoms with Gasteiger partial charge in [0.1, 0.15) is 11.4 Å². The van der Waals surface area contributed by atoms with E-state index >= 15 is 0 Å². The zero-order valence-corrected chi connectivity index (χ0v) is 11.8. The van der Waals surface area contributed by atoms with Crippen molar-refractivity contribution in [1.29, 1.82) is 0 Å². The van der Waals surface area contributed by atoms with Gasteiger partial charge in [-0.3, -0.25) is 0 Å². The Bertz CT molecular complexity index is 643. The first kappa shape index (κ1) is 12.2. The summed E-state index contributed by atoms with van der Waals surface area (Å²) in [4.78, 5) is 0. The molecule has 2 N–H and O–H groups in total. The fourth-order valence-corrected chi connectivity index (χ4v) is 4.03. The standard InChI is InChI=1S/C18H21NO/c19-15-12-18(10-4-1-5-11-18)20-16-9-8-13-6-2-3-7-14(13)17(15)16/h2-3,6-9,15H,1,4-5,10-12,19H2. The van der Waals surface area contributed by atoms with Crippen LogP contribution >= 0.6 is 0 Å². The highest BCUT2D eigenvalue weighted by atomic mass is 16.5. The van der Waals surface area contributed by atoms with E-state index in [1.54, 1.807) is 0 Å². The molecule has 2 aliphatic rings. The molecule has 1 aliphatic heterocycles. The van der Waals surface area contributed by atoms with E-state index in [9.17, 15) is 0 Å². The number of nitrogens with two attached hydrogens (primary N) is 1. The Hall–Kier alpha value is -1.54. The summed E-state index contributed by atoms with van der Waals surface area (Å²) in [6, 6.07) is 12.8. The largest absolute Gasteiger partial charge is 0.487 e. The van der Waals surface area contributed by atoms with Crippen LogP contribution < -0.4 is 10.5 Å². The molecule has 1 atom stereocenters. The first-order chi connectivity index (χ1) is 9.77. The average Bonchev–Trinajstić information content (AvgIpc) is 2.47. The highest BCUT2D eigenvalue weighted by Gasteiger charge is 2.41. The van der Waals surface area contributed by atoms with Crippen molar-refractivity contribution in [2.24, 2.45) is 5.73 Å². The average molecular weight is 267 g/mol. The lowest BCUT2D eigenvalue weighted by Crippen LogP contribution is -2.44. The predicted molar refractivity (Wildman–Crippen MR) is 81.9 cm³/mol. The van der Waals surface area contributed by atoms with Crippen LogP contribution in [0.2, 0.25) is 0 Å². The van der Waals surface area contributed by atoms with E-state index in [1.165, 1.54) is 35.6 Å². The van der Waals surface area contributed by atoms with E-state index in [1.807, 2.05) is 0 Å². The first-order valence-corrected chi connectivity index (χ1v) is 7.74. The van der Waals surface area contributed by atoms with Crippen molar-refractivity contribution in [1.82, 2.24) is 0 Å². The zero-order chi connectivity index (χ0) is 13.6. The molecule has 0 bridgehead atoms. The molecule has 1 spiro atoms. The molecule has 0 aromatic heterocycles. The second-order valence-corrected chi connectivity index (χ2v) is 6.35. The smallest absolute Gasteiger partial charge is 0.125 e. The van der Waals surface area contributed by atoms with Gasteiger partial charge in [-0.1, -0.05) is 36.8 Å². The Morgan fingerprint density at radius 1 is 1.00 bits per heavy atom. The summed E-state index contributed by atoms with van der Waals surface area (Å²) in [5.74, 6) is 1.02. The molecule has 1 heterocycles. The maximum Gasteiger partial charge on any atom is 0.125 e. The van der Waals surface area contributed by atoms with Crippen molar-refractivity contribution in [3.8, 4) is 5.75 Å². The summed E-state index contributed by atoms with van der Waals surface area (Å²) in [6.07, 6.45) is 7.17. The third-order valence-electron chi connectivity index (χ3n) is 4.98. The summed E-state index contributed by atoms with van der Waals surface area (Å²) in [5, 5.41) is 2.51. The van der Waals surface area contributed by atoms with Gasteiger partial charge in [0.05, 0.1) is 0 Å². The van der Waals surface area contributed by atoms with Crippen LogP contribution in [0.4, 0.5) is 0 Å². The maximum absolute atomic E-state index is 6.54. The quantitative estimate of drug-likeness (QED) is 0.771. The van der Waals surface area contributed by atoms with E-state index in [0.717, 1.165) is 25.0 Å². The fourth-order valence-electron chi connectivity index (χ4n) is 4.03. The monoisotopic (exact) mass is 267 g/mol. The van der Waals surface area contributed by atoms with Crippen molar-refractivity contribution in [3.05, 3.63) is 42.0 Å². The van der Waals surface area contributed by atoms with Crippen molar-refractivity contribution in [2.75, 3.05) is 0 Å². The van der Waals surface area contributed by atoms with Gasteiger partial charge in [0.15, 0.2) is 0 Å². The molecule has 1 fully saturated rings. The summed E-state index contributed by atoms with van der Waals surface area (Å²) in [7, 11) is 0. The summed E-state index contributed by atoms with van der Waals surface area (Å²) >= 11 is 0. The molecular formula is C18H21NO. The molecule has 0 amide bonds. The number of rotatable bonds is 0. The first-order valence-electron chi connectivity index (χ1n) is 7.74. The number of ether oxygens (including phenoxy) is 1. The van der Waals surface area contributed by atoms with Crippen LogP contribution in [0.1, 0.15) is 50.1 Å². The lowest BCUT2D eigenvalue weighted by molar-refractivity contribution is 0.00244. The molecule has 0 saturated heterocycles. The van der Waals surface area contributed by atoms with Gasteiger partial charge < -0.3 is 10.5 Å². The molecule has 2 heteroatoms. The van der Waals surface area contributed by atoms with Crippen molar-refractivity contribution >= 4 is 10.8 Å². The van der Waals surface area contributed by atoms with Gasteiger partial charge in [-0.2, -0.15) is 0 Å². The van der Waals surface area contributed by atoms with Gasteiger partial charge in [0, 0.05) is 18.0 Å². The lowest BCUT2D eigenvalue weighted by atomic mass is 9.76. The normalized spacial score (nSPS) is 24.4. The van der Waals surface area contributed by atoms with Gasteiger partial charge >= 0.3 is 0 Å². The van der Waals surface area contributed by atoms with Crippen molar-refractivity contribution in [2.45, 2.75) is 50.2 Å². The van der Waals surface area contributed by atoms with Crippen molar-refractivity contribution in [3.63, 3.8) is 0 Å². The molecule has 4 rings (SSSR count). The minimum Gasteiger partial charge on any atom is -0.487 e. The third-order valence-corrected chi connectivity index (χ3v) is 4.98. The Balaban J connectivity index is 1.83. The Kier molecular flexibility index (Phi) is 2.74. The third kappa shape index (κ3) is 1.82. The molecule has 2 nitrogen and oxygen atoms in total. The van der Waals surface area contributed by atoms with E-state index in [2.05, 4.69) is 36.4 Å². The molecular weight excluding hydrogens is 246 g/mol. The van der Waals surface area contributed by atoms with Crippen LogP contribution in [-0.2, 0) is 0 Å². The lowest BCUT2D eigenvalue weighted by Gasteiger charge is -2.44. The molecule has 20 heavy (non-hydrogen) atoms. The topological polar surface area (TPSA) is 35.2 Å². The minimum absolute atomic E-state index is 0.00707. The van der Waals surface area contributed by atoms with Crippen LogP contribution in [-0.4, -0.2) is 5.60 Å². The summed E-state index contributed by atoms with van der Waals surface area (Å²) in [6.45, 7) is 0. The minimum atomic E-state index is 0.00707. The number of hydrogen-bond acceptors (Lipinski definition) is 2. The van der Waals surface area contributed by atoms with Crippen LogP contribution in [0.5, 0.6) is 5.75 Å². The summed E-state index contributed by atoms with van der Waals surface area (Å²) < 4.78 is 6.46. The number of benzene rings is 2. The second kappa shape index (κ2) is 4.49. The van der Waals surface area contributed by atoms with Crippen LogP contribution in [0.15, 0.2) is 36.4 Å². The van der Waals surface area contributed by atoms with Gasteiger partial charge in [0.2, 0.25) is 0 Å². The molecule has 2 aromatic rings. The Morgan fingerprint density at radius 3 is 2.65 bits per heavy atom. The van der Waals surface area contributed by atoms with E-state index in [4.69, 9.17) is 10.5 Å². The van der Waals surface area contributed by atoms with Gasteiger partial charge in [-0.25, -0.2) is 0 Å². The molecule has 1 unspecified atom stereocenters. The predicted octanol–water partition coefficient (Wildman–Crippen LogP) is 4.33. The van der Waals surface area contributed by atoms with E-state index in [0.29, 0.717) is 0 Å². The number of fused-ring (bicyclic) bond motifs is 3. The maximum atomic E-state index is 6.54.